The number of nitrogens with one attached hydrogen (secondary N) is 2. The van der Waals surface area contributed by atoms with Crippen LogP contribution in [0.2, 0.25) is 10.0 Å². The lowest BCUT2D eigenvalue weighted by Gasteiger charge is -2.37. The minimum Gasteiger partial charge on any atom is -0.430 e. The number of amides is 1. The predicted octanol–water partition coefficient (Wildman–Crippen LogP) is 5.70. The second-order valence-corrected chi connectivity index (χ2v) is 14.9. The van der Waals surface area contributed by atoms with Crippen molar-refractivity contribution in [2.75, 3.05) is 19.3 Å². The van der Waals surface area contributed by atoms with Gasteiger partial charge in [-0.25, -0.2) is 26.3 Å². The average Bonchev–Trinajstić information content (AvgIpc) is 3.16. The quantitative estimate of drug-likeness (QED) is 0.418. The van der Waals surface area contributed by atoms with Crippen molar-refractivity contribution in [1.82, 2.24) is 14.9 Å². The van der Waals surface area contributed by atoms with E-state index in [2.05, 4.69) is 16.7 Å². The Morgan fingerprint density at radius 3 is 2.45 bits per heavy atom. The van der Waals surface area contributed by atoms with E-state index in [0.717, 1.165) is 12.3 Å². The normalized spacial score (nSPS) is 25.6. The van der Waals surface area contributed by atoms with E-state index in [-0.39, 0.29) is 45.7 Å². The summed E-state index contributed by atoms with van der Waals surface area (Å²) in [6.45, 7) is 6.33. The summed E-state index contributed by atoms with van der Waals surface area (Å²) in [5.74, 6) is -2.76. The number of sulfonamides is 1. The van der Waals surface area contributed by atoms with Crippen LogP contribution >= 0.6 is 23.2 Å². The summed E-state index contributed by atoms with van der Waals surface area (Å²) >= 11 is 12.2. The number of ether oxygens (including phenoxy) is 1. The minimum atomic E-state index is -3.35. The molecule has 2 aliphatic heterocycles. The number of halogens is 4. The van der Waals surface area contributed by atoms with Gasteiger partial charge in [0, 0.05) is 35.8 Å². The lowest BCUT2D eigenvalue weighted by molar-refractivity contribution is 0.0695. The fraction of sp³-hybridized carbons (Fsp3) is 0.517. The maximum atomic E-state index is 15.7. The van der Waals surface area contributed by atoms with Gasteiger partial charge in [0.1, 0.15) is 17.0 Å². The first-order valence-corrected chi connectivity index (χ1v) is 16.2. The van der Waals surface area contributed by atoms with Crippen LogP contribution in [0.15, 0.2) is 36.4 Å². The van der Waals surface area contributed by atoms with Gasteiger partial charge in [-0.3, -0.25) is 5.32 Å². The molecule has 13 heteroatoms. The van der Waals surface area contributed by atoms with Crippen molar-refractivity contribution in [3.63, 3.8) is 0 Å². The maximum absolute atomic E-state index is 15.7. The lowest BCUT2D eigenvalue weighted by atomic mass is 9.63. The van der Waals surface area contributed by atoms with Crippen LogP contribution in [0.5, 0.6) is 0 Å². The molecule has 2 aromatic carbocycles. The molecule has 228 valence electrons. The van der Waals surface area contributed by atoms with E-state index in [0.29, 0.717) is 19.3 Å². The Bertz CT molecular complexity index is 1490. The predicted molar refractivity (Wildman–Crippen MR) is 157 cm³/mol. The molecule has 4 rings (SSSR count). The van der Waals surface area contributed by atoms with Crippen molar-refractivity contribution in [1.29, 1.82) is 5.26 Å². The van der Waals surface area contributed by atoms with Crippen LogP contribution in [-0.4, -0.2) is 56.5 Å². The van der Waals surface area contributed by atoms with Crippen LogP contribution in [0.3, 0.4) is 0 Å². The molecule has 0 bridgehead atoms. The number of piperidine rings is 1. The third kappa shape index (κ3) is 6.68. The zero-order chi connectivity index (χ0) is 31.0. The Hall–Kier alpha value is -2.49. The molecule has 2 heterocycles. The van der Waals surface area contributed by atoms with Gasteiger partial charge in [0.15, 0.2) is 6.23 Å². The number of rotatable bonds is 6. The summed E-state index contributed by atoms with van der Waals surface area (Å²) in [5.41, 5.74) is -2.13. The first-order valence-electron chi connectivity index (χ1n) is 13.6. The van der Waals surface area contributed by atoms with E-state index in [4.69, 9.17) is 27.9 Å². The highest BCUT2D eigenvalue weighted by Gasteiger charge is 2.61. The molecular formula is C29H34Cl2F2N4O4S. The summed E-state index contributed by atoms with van der Waals surface area (Å²) in [6, 6.07) is 9.44. The van der Waals surface area contributed by atoms with E-state index >= 15 is 8.78 Å². The number of hydrogen-bond donors (Lipinski definition) is 2. The van der Waals surface area contributed by atoms with Gasteiger partial charge >= 0.3 is 6.09 Å². The van der Waals surface area contributed by atoms with Crippen LogP contribution in [-0.2, 0) is 20.2 Å². The summed E-state index contributed by atoms with van der Waals surface area (Å²) in [6.07, 6.45) is 0.129. The highest BCUT2D eigenvalue weighted by Crippen LogP contribution is 2.53. The monoisotopic (exact) mass is 642 g/mol. The average molecular weight is 644 g/mol. The Labute approximate surface area is 255 Å². The van der Waals surface area contributed by atoms with Gasteiger partial charge in [-0.05, 0) is 48.4 Å². The molecule has 4 atom stereocenters. The molecule has 0 aliphatic carbocycles. The highest BCUT2D eigenvalue weighted by molar-refractivity contribution is 7.88. The molecule has 0 aromatic heterocycles. The molecule has 1 amide bonds. The Morgan fingerprint density at radius 1 is 1.21 bits per heavy atom. The van der Waals surface area contributed by atoms with Crippen molar-refractivity contribution < 1.29 is 26.7 Å². The fourth-order valence-electron chi connectivity index (χ4n) is 6.02. The summed E-state index contributed by atoms with van der Waals surface area (Å²) in [4.78, 5) is 13.2. The number of nitriles is 1. The molecule has 8 nitrogen and oxygen atoms in total. The number of carbonyl (C=O) groups excluding carboxylic acids is 1. The number of carbonyl (C=O) groups is 1. The molecule has 2 aliphatic rings. The van der Waals surface area contributed by atoms with Crippen molar-refractivity contribution in [3.05, 3.63) is 69.2 Å². The molecule has 2 N–H and O–H groups in total. The van der Waals surface area contributed by atoms with Gasteiger partial charge in [0.2, 0.25) is 10.0 Å². The molecule has 2 saturated heterocycles. The first-order chi connectivity index (χ1) is 19.6. The highest BCUT2D eigenvalue weighted by atomic mass is 35.5. The first kappa shape index (κ1) is 32.4. The number of hydrogen-bond acceptors (Lipinski definition) is 6. The summed E-state index contributed by atoms with van der Waals surface area (Å²) in [7, 11) is -3.35. The van der Waals surface area contributed by atoms with E-state index in [1.165, 1.54) is 34.6 Å². The number of alkyl carbamates (subject to hydrolysis) is 1. The zero-order valence-electron chi connectivity index (χ0n) is 23.8. The van der Waals surface area contributed by atoms with Crippen LogP contribution in [0.25, 0.3) is 0 Å². The number of benzene rings is 2. The molecule has 2 fully saturated rings. The van der Waals surface area contributed by atoms with Crippen LogP contribution in [0, 0.1) is 28.4 Å². The molecule has 0 unspecified atom stereocenters. The fourth-order valence-corrected chi connectivity index (χ4v) is 7.24. The second kappa shape index (κ2) is 12.2. The van der Waals surface area contributed by atoms with E-state index < -0.39 is 51.4 Å². The number of nitrogens with zero attached hydrogens (tertiary/aromatic N) is 2. The molecular weight excluding hydrogens is 609 g/mol. The van der Waals surface area contributed by atoms with Gasteiger partial charge in [-0.15, -0.1) is 0 Å². The van der Waals surface area contributed by atoms with Gasteiger partial charge in [0.05, 0.1) is 23.3 Å². The smallest absolute Gasteiger partial charge is 0.408 e. The van der Waals surface area contributed by atoms with Gasteiger partial charge < -0.3 is 10.1 Å². The van der Waals surface area contributed by atoms with Crippen molar-refractivity contribution in [2.45, 2.75) is 69.7 Å². The summed E-state index contributed by atoms with van der Waals surface area (Å²) in [5, 5.41) is 16.8. The van der Waals surface area contributed by atoms with Crippen molar-refractivity contribution in [3.8, 4) is 6.07 Å². The van der Waals surface area contributed by atoms with Crippen molar-refractivity contribution in [2.24, 2.45) is 5.41 Å². The Kier molecular flexibility index (Phi) is 9.46. The SMILES string of the molecule is CC(C)(C)C[C@@H]1N[C@H](OC(=O)NC2CCN(S(C)(=O)=O)CC2)[C@H](c2cccc(Cl)c2F)[C@@]1(C#N)c1ccc(Cl)cc1F. The van der Waals surface area contributed by atoms with E-state index in [1.54, 1.807) is 0 Å². The van der Waals surface area contributed by atoms with Crippen molar-refractivity contribution >= 4 is 39.3 Å². The third-order valence-corrected chi connectivity index (χ3v) is 9.71. The van der Waals surface area contributed by atoms with E-state index in [1.807, 2.05) is 20.8 Å². The van der Waals surface area contributed by atoms with E-state index in [9.17, 15) is 18.5 Å². The minimum absolute atomic E-state index is 0.0124. The van der Waals surface area contributed by atoms with Gasteiger partial charge in [-0.2, -0.15) is 5.26 Å². The molecule has 0 spiro atoms. The lowest BCUT2D eigenvalue weighted by Crippen LogP contribution is -2.48. The summed E-state index contributed by atoms with van der Waals surface area (Å²) < 4.78 is 62.3. The van der Waals surface area contributed by atoms with Gasteiger partial charge in [0.25, 0.3) is 0 Å². The van der Waals surface area contributed by atoms with Crippen LogP contribution in [0.4, 0.5) is 13.6 Å². The Morgan fingerprint density at radius 2 is 1.88 bits per heavy atom. The molecule has 0 radical (unpaired) electrons. The van der Waals surface area contributed by atoms with Crippen LogP contribution in [0.1, 0.15) is 57.1 Å². The second-order valence-electron chi connectivity index (χ2n) is 12.1. The van der Waals surface area contributed by atoms with Crippen LogP contribution < -0.4 is 10.6 Å². The topological polar surface area (TPSA) is 112 Å². The molecule has 42 heavy (non-hydrogen) atoms. The maximum Gasteiger partial charge on any atom is 0.408 e. The molecule has 0 saturated carbocycles. The largest absolute Gasteiger partial charge is 0.430 e. The molecule has 2 aromatic rings. The zero-order valence-corrected chi connectivity index (χ0v) is 26.1. The van der Waals surface area contributed by atoms with Gasteiger partial charge in [-0.1, -0.05) is 62.2 Å². The Balaban J connectivity index is 1.75. The third-order valence-electron chi connectivity index (χ3n) is 7.88. The standard InChI is InChI=1S/C29H34Cl2F2N4O4S/c1-28(2,3)15-23-29(16-34,20-9-8-17(30)14-22(20)32)24(19-6-5-7-21(31)25(19)33)26(36-23)41-27(38)35-18-10-12-37(13-11-18)42(4,39)40/h5-9,14,18,23-24,26,36H,10-13,15H2,1-4H3,(H,35,38)/t23-,24-,26+,29-/m0/s1.